The number of nitrogens with one attached hydrogen (secondary N) is 1. The number of ether oxygens (including phenoxy) is 2. The van der Waals surface area contributed by atoms with E-state index in [1.807, 2.05) is 60.7 Å². The van der Waals surface area contributed by atoms with Gasteiger partial charge in [-0.2, -0.15) is 0 Å². The van der Waals surface area contributed by atoms with Crippen LogP contribution in [0.15, 0.2) is 82.3 Å². The van der Waals surface area contributed by atoms with E-state index < -0.39 is 0 Å². The maximum absolute atomic E-state index is 12.7. The summed E-state index contributed by atoms with van der Waals surface area (Å²) >= 11 is 0. The highest BCUT2D eigenvalue weighted by atomic mass is 16.5. The maximum atomic E-state index is 12.7. The van der Waals surface area contributed by atoms with Crippen LogP contribution in [0.2, 0.25) is 0 Å². The zero-order chi connectivity index (χ0) is 25.7. The van der Waals surface area contributed by atoms with E-state index in [4.69, 9.17) is 13.9 Å². The molecule has 0 aliphatic carbocycles. The largest absolute Gasteiger partial charge is 0.489 e. The molecule has 0 spiro atoms. The number of anilines is 2. The lowest BCUT2D eigenvalue weighted by Crippen LogP contribution is -2.37. The first-order valence-electron chi connectivity index (χ1n) is 12.8. The number of aryl methyl sites for hydroxylation is 1. The average molecular weight is 512 g/mol. The van der Waals surface area contributed by atoms with Gasteiger partial charge in [-0.05, 0) is 42.3 Å². The Bertz CT molecular complexity index is 1570. The molecule has 194 valence electrons. The molecule has 0 radical (unpaired) electrons. The molecule has 0 bridgehead atoms. The van der Waals surface area contributed by atoms with Gasteiger partial charge in [-0.15, -0.1) is 0 Å². The molecule has 5 aromatic rings. The Kier molecular flexibility index (Phi) is 7.01. The van der Waals surface area contributed by atoms with Gasteiger partial charge in [0.2, 0.25) is 0 Å². The second kappa shape index (κ2) is 11.0. The quantitative estimate of drug-likeness (QED) is 0.307. The van der Waals surface area contributed by atoms with E-state index >= 15 is 0 Å². The molecule has 1 N–H and O–H groups in total. The third kappa shape index (κ3) is 5.39. The minimum absolute atomic E-state index is 0.356. The van der Waals surface area contributed by atoms with E-state index in [-0.39, 0.29) is 5.76 Å². The van der Waals surface area contributed by atoms with Crippen LogP contribution in [0.4, 0.5) is 11.5 Å². The van der Waals surface area contributed by atoms with Crippen molar-refractivity contribution >= 4 is 33.5 Å². The molecule has 3 aromatic carbocycles. The molecular formula is C29H29N5O4. The van der Waals surface area contributed by atoms with Gasteiger partial charge in [-0.25, -0.2) is 14.8 Å². The molecule has 3 heterocycles. The van der Waals surface area contributed by atoms with Crippen LogP contribution in [0.25, 0.3) is 22.0 Å². The van der Waals surface area contributed by atoms with Crippen molar-refractivity contribution in [3.05, 3.63) is 89.2 Å². The first kappa shape index (κ1) is 24.1. The fraction of sp³-hybridized carbons (Fsp3) is 0.276. The first-order valence-corrected chi connectivity index (χ1v) is 12.8. The highest BCUT2D eigenvalue weighted by molar-refractivity contribution is 5.98. The first-order chi connectivity index (χ1) is 18.7. The maximum Gasteiger partial charge on any atom is 0.419 e. The number of rotatable bonds is 9. The average Bonchev–Trinajstić information content (AvgIpc) is 3.26. The summed E-state index contributed by atoms with van der Waals surface area (Å²) in [5.74, 6) is 1.09. The third-order valence-electron chi connectivity index (χ3n) is 6.75. The molecule has 0 unspecified atom stereocenters. The van der Waals surface area contributed by atoms with Crippen LogP contribution in [0.1, 0.15) is 12.0 Å². The molecule has 2 aromatic heterocycles. The van der Waals surface area contributed by atoms with Gasteiger partial charge in [-0.3, -0.25) is 9.47 Å². The summed E-state index contributed by atoms with van der Waals surface area (Å²) in [4.78, 5) is 23.9. The van der Waals surface area contributed by atoms with E-state index in [1.165, 1.54) is 6.33 Å². The zero-order valence-electron chi connectivity index (χ0n) is 21.0. The molecule has 0 saturated carbocycles. The summed E-state index contributed by atoms with van der Waals surface area (Å²) < 4.78 is 18.6. The predicted molar refractivity (Wildman–Crippen MR) is 146 cm³/mol. The summed E-state index contributed by atoms with van der Waals surface area (Å²) in [6.45, 7) is 5.39. The molecule has 0 atom stereocenters. The minimum Gasteiger partial charge on any atom is -0.489 e. The van der Waals surface area contributed by atoms with Crippen molar-refractivity contribution in [1.82, 2.24) is 19.4 Å². The standard InChI is InChI=1S/C29H29N5O4/c35-29-34(12-4-11-33-13-15-36-16-14-33)26-17-24-25(18-27(26)38-29)30-20-31-28(24)32-22-7-9-23(10-8-22)37-19-21-5-2-1-3-6-21/h1-3,5-10,17-18,20H,4,11-16,19H2,(H,30,31,32). The Morgan fingerprint density at radius 1 is 0.947 bits per heavy atom. The van der Waals surface area contributed by atoms with Gasteiger partial charge in [0.1, 0.15) is 24.5 Å². The van der Waals surface area contributed by atoms with E-state index in [0.29, 0.717) is 30.1 Å². The van der Waals surface area contributed by atoms with Crippen molar-refractivity contribution in [2.24, 2.45) is 0 Å². The third-order valence-corrected chi connectivity index (χ3v) is 6.75. The van der Waals surface area contributed by atoms with Crippen molar-refractivity contribution in [2.45, 2.75) is 19.6 Å². The lowest BCUT2D eigenvalue weighted by molar-refractivity contribution is 0.0369. The fourth-order valence-electron chi connectivity index (χ4n) is 4.71. The van der Waals surface area contributed by atoms with Crippen molar-refractivity contribution in [1.29, 1.82) is 0 Å². The van der Waals surface area contributed by atoms with Crippen LogP contribution in [0.5, 0.6) is 5.75 Å². The number of benzene rings is 3. The normalized spacial score (nSPS) is 14.2. The summed E-state index contributed by atoms with van der Waals surface area (Å²) in [7, 11) is 0. The molecule has 1 aliphatic heterocycles. The van der Waals surface area contributed by atoms with Crippen LogP contribution in [0, 0.1) is 0 Å². The van der Waals surface area contributed by atoms with Crippen molar-refractivity contribution in [3.63, 3.8) is 0 Å². The number of aromatic nitrogens is 3. The number of hydrogen-bond acceptors (Lipinski definition) is 8. The lowest BCUT2D eigenvalue weighted by atomic mass is 10.2. The topological polar surface area (TPSA) is 94.7 Å². The molecule has 1 fully saturated rings. The smallest absolute Gasteiger partial charge is 0.419 e. The number of hydrogen-bond donors (Lipinski definition) is 1. The molecule has 1 aliphatic rings. The van der Waals surface area contributed by atoms with E-state index in [1.54, 1.807) is 10.6 Å². The van der Waals surface area contributed by atoms with E-state index in [9.17, 15) is 4.79 Å². The second-order valence-electron chi connectivity index (χ2n) is 9.31. The van der Waals surface area contributed by atoms with Crippen molar-refractivity contribution in [3.8, 4) is 5.75 Å². The molecule has 9 nitrogen and oxygen atoms in total. The zero-order valence-corrected chi connectivity index (χ0v) is 21.0. The molecule has 6 rings (SSSR count). The highest BCUT2D eigenvalue weighted by Crippen LogP contribution is 2.28. The Hall–Kier alpha value is -4.21. The number of fused-ring (bicyclic) bond motifs is 2. The number of nitrogens with zero attached hydrogens (tertiary/aromatic N) is 4. The van der Waals surface area contributed by atoms with Gasteiger partial charge in [0.05, 0.1) is 24.2 Å². The Morgan fingerprint density at radius 3 is 2.58 bits per heavy atom. The van der Waals surface area contributed by atoms with E-state index in [2.05, 4.69) is 20.2 Å². The Labute approximate surface area is 219 Å². The summed E-state index contributed by atoms with van der Waals surface area (Å²) in [5, 5.41) is 4.19. The predicted octanol–water partition coefficient (Wildman–Crippen LogP) is 4.58. The van der Waals surface area contributed by atoms with Crippen LogP contribution in [0.3, 0.4) is 0 Å². The summed E-state index contributed by atoms with van der Waals surface area (Å²) in [6, 6.07) is 21.6. The molecular weight excluding hydrogens is 482 g/mol. The van der Waals surface area contributed by atoms with Crippen LogP contribution in [-0.2, 0) is 17.9 Å². The molecule has 38 heavy (non-hydrogen) atoms. The van der Waals surface area contributed by atoms with Crippen molar-refractivity contribution in [2.75, 3.05) is 38.2 Å². The van der Waals surface area contributed by atoms with Crippen LogP contribution in [-0.4, -0.2) is 52.3 Å². The summed E-state index contributed by atoms with van der Waals surface area (Å²) in [6.07, 6.45) is 2.35. The van der Waals surface area contributed by atoms with Gasteiger partial charge in [0.15, 0.2) is 5.58 Å². The van der Waals surface area contributed by atoms with Crippen LogP contribution < -0.4 is 15.8 Å². The molecule has 0 amide bonds. The molecule has 9 heteroatoms. The summed E-state index contributed by atoms with van der Waals surface area (Å²) in [5.41, 5.74) is 3.96. The fourth-order valence-corrected chi connectivity index (χ4v) is 4.71. The van der Waals surface area contributed by atoms with Gasteiger partial charge in [0, 0.05) is 43.3 Å². The number of oxazole rings is 1. The Morgan fingerprint density at radius 2 is 1.76 bits per heavy atom. The van der Waals surface area contributed by atoms with Gasteiger partial charge in [-0.1, -0.05) is 30.3 Å². The molecule has 1 saturated heterocycles. The van der Waals surface area contributed by atoms with Crippen molar-refractivity contribution < 1.29 is 13.9 Å². The van der Waals surface area contributed by atoms with Gasteiger partial charge in [0.25, 0.3) is 0 Å². The van der Waals surface area contributed by atoms with E-state index in [0.717, 1.165) is 67.2 Å². The SMILES string of the molecule is O=c1oc2cc3ncnc(Nc4ccc(OCc5ccccc5)cc4)c3cc2n1CCCN1CCOCC1. The second-order valence-corrected chi connectivity index (χ2v) is 9.31. The Balaban J connectivity index is 1.19. The number of morpholine rings is 1. The van der Waals surface area contributed by atoms with Gasteiger partial charge < -0.3 is 19.2 Å². The highest BCUT2D eigenvalue weighted by Gasteiger charge is 2.15. The van der Waals surface area contributed by atoms with Gasteiger partial charge >= 0.3 is 5.76 Å². The van der Waals surface area contributed by atoms with Crippen LogP contribution >= 0.6 is 0 Å². The lowest BCUT2D eigenvalue weighted by Gasteiger charge is -2.26. The minimum atomic E-state index is -0.356. The monoisotopic (exact) mass is 511 g/mol.